The highest BCUT2D eigenvalue weighted by Crippen LogP contribution is 2.29. The first-order chi connectivity index (χ1) is 13.4. The molecule has 3 aromatic rings. The van der Waals surface area contributed by atoms with Crippen molar-refractivity contribution in [1.82, 2.24) is 14.8 Å². The molecule has 0 saturated carbocycles. The van der Waals surface area contributed by atoms with Gasteiger partial charge in [-0.05, 0) is 43.5 Å². The topological polar surface area (TPSA) is 78.3 Å². The van der Waals surface area contributed by atoms with Crippen LogP contribution in [-0.2, 0) is 7.05 Å². The number of hydrogen-bond donors (Lipinski definition) is 1. The number of ether oxygens (including phenoxy) is 2. The number of pyridine rings is 1. The van der Waals surface area contributed by atoms with E-state index in [1.807, 2.05) is 20.0 Å². The summed E-state index contributed by atoms with van der Waals surface area (Å²) >= 11 is 0. The van der Waals surface area contributed by atoms with E-state index in [1.54, 1.807) is 36.2 Å². The molecule has 0 aliphatic heterocycles. The normalized spacial score (nSPS) is 11.1. The van der Waals surface area contributed by atoms with Crippen LogP contribution in [0.4, 0.5) is 5.69 Å². The van der Waals surface area contributed by atoms with Crippen molar-refractivity contribution in [2.24, 2.45) is 13.0 Å². The molecule has 0 fully saturated rings. The molecule has 2 heterocycles. The molecular weight excluding hydrogens is 356 g/mol. The number of carbonyl (C=O) groups excluding carboxylic acids is 1. The van der Waals surface area contributed by atoms with Gasteiger partial charge in [-0.25, -0.2) is 4.98 Å². The van der Waals surface area contributed by atoms with E-state index in [9.17, 15) is 4.79 Å². The highest BCUT2D eigenvalue weighted by Gasteiger charge is 2.13. The van der Waals surface area contributed by atoms with Crippen LogP contribution in [0.3, 0.4) is 0 Å². The van der Waals surface area contributed by atoms with Crippen molar-refractivity contribution in [2.45, 2.75) is 27.2 Å². The lowest BCUT2D eigenvalue weighted by atomic mass is 10.1. The summed E-state index contributed by atoms with van der Waals surface area (Å²) < 4.78 is 12.9. The Morgan fingerprint density at radius 2 is 2.04 bits per heavy atom. The smallest absolute Gasteiger partial charge is 0.255 e. The standard InChI is InChI=1S/C21H26N4O3/c1-13(2)8-9-28-18-7-6-15(10-19(18)27-5)21(26)23-16-11-17-14(3)24-25(4)20(17)22-12-16/h6-7,10-13H,8-9H2,1-5H3,(H,23,26). The largest absolute Gasteiger partial charge is 0.493 e. The van der Waals surface area contributed by atoms with Gasteiger partial charge in [0.15, 0.2) is 17.1 Å². The lowest BCUT2D eigenvalue weighted by Crippen LogP contribution is -2.12. The Hall–Kier alpha value is -3.09. The van der Waals surface area contributed by atoms with E-state index in [2.05, 4.69) is 29.2 Å². The summed E-state index contributed by atoms with van der Waals surface area (Å²) in [5.74, 6) is 1.49. The molecular formula is C21H26N4O3. The number of aromatic nitrogens is 3. The molecule has 0 atom stereocenters. The van der Waals surface area contributed by atoms with Crippen LogP contribution in [0, 0.1) is 12.8 Å². The first-order valence-corrected chi connectivity index (χ1v) is 9.30. The molecule has 148 valence electrons. The number of aryl methyl sites for hydroxylation is 2. The predicted octanol–water partition coefficient (Wildman–Crippen LogP) is 3.96. The van der Waals surface area contributed by atoms with Crippen LogP contribution in [0.25, 0.3) is 11.0 Å². The Morgan fingerprint density at radius 3 is 2.75 bits per heavy atom. The molecule has 0 saturated heterocycles. The molecule has 1 amide bonds. The minimum Gasteiger partial charge on any atom is -0.493 e. The van der Waals surface area contributed by atoms with Crippen LogP contribution in [0.2, 0.25) is 0 Å². The number of fused-ring (bicyclic) bond motifs is 1. The molecule has 7 heteroatoms. The SMILES string of the molecule is COc1cc(C(=O)Nc2cnc3c(c2)c(C)nn3C)ccc1OCCC(C)C. The van der Waals surface area contributed by atoms with Crippen molar-refractivity contribution in [3.8, 4) is 11.5 Å². The highest BCUT2D eigenvalue weighted by atomic mass is 16.5. The van der Waals surface area contributed by atoms with Gasteiger partial charge in [-0.2, -0.15) is 5.10 Å². The number of anilines is 1. The molecule has 0 spiro atoms. The highest BCUT2D eigenvalue weighted by molar-refractivity contribution is 6.05. The van der Waals surface area contributed by atoms with Crippen molar-refractivity contribution in [3.05, 3.63) is 41.7 Å². The zero-order valence-corrected chi connectivity index (χ0v) is 16.9. The van der Waals surface area contributed by atoms with Crippen LogP contribution >= 0.6 is 0 Å². The van der Waals surface area contributed by atoms with Gasteiger partial charge in [0.25, 0.3) is 5.91 Å². The maximum atomic E-state index is 12.7. The van der Waals surface area contributed by atoms with Crippen LogP contribution in [0.5, 0.6) is 11.5 Å². The Balaban J connectivity index is 1.76. The van der Waals surface area contributed by atoms with Gasteiger partial charge in [-0.3, -0.25) is 9.48 Å². The molecule has 1 aromatic carbocycles. The van der Waals surface area contributed by atoms with E-state index >= 15 is 0 Å². The van der Waals surface area contributed by atoms with Crippen molar-refractivity contribution < 1.29 is 14.3 Å². The van der Waals surface area contributed by atoms with Crippen LogP contribution < -0.4 is 14.8 Å². The molecule has 0 unspecified atom stereocenters. The van der Waals surface area contributed by atoms with E-state index < -0.39 is 0 Å². The number of rotatable bonds is 7. The third-order valence-electron chi connectivity index (χ3n) is 4.50. The van der Waals surface area contributed by atoms with Crippen LogP contribution in [0.1, 0.15) is 36.3 Å². The van der Waals surface area contributed by atoms with Gasteiger partial charge in [0.05, 0.1) is 31.3 Å². The lowest BCUT2D eigenvalue weighted by molar-refractivity contribution is 0.102. The zero-order chi connectivity index (χ0) is 20.3. The van der Waals surface area contributed by atoms with Gasteiger partial charge in [-0.15, -0.1) is 0 Å². The minimum absolute atomic E-state index is 0.241. The number of amides is 1. The first kappa shape index (κ1) is 19.7. The second kappa shape index (κ2) is 8.29. The van der Waals surface area contributed by atoms with Gasteiger partial charge >= 0.3 is 0 Å². The fourth-order valence-corrected chi connectivity index (χ4v) is 2.91. The Kier molecular flexibility index (Phi) is 5.82. The van der Waals surface area contributed by atoms with Crippen molar-refractivity contribution >= 4 is 22.6 Å². The van der Waals surface area contributed by atoms with Gasteiger partial charge in [0.1, 0.15) is 0 Å². The fraction of sp³-hybridized carbons (Fsp3) is 0.381. The second-order valence-corrected chi connectivity index (χ2v) is 7.15. The first-order valence-electron chi connectivity index (χ1n) is 9.30. The maximum absolute atomic E-state index is 12.7. The van der Waals surface area contributed by atoms with Gasteiger partial charge in [0.2, 0.25) is 0 Å². The number of nitrogens with one attached hydrogen (secondary N) is 1. The maximum Gasteiger partial charge on any atom is 0.255 e. The number of methoxy groups -OCH3 is 1. The summed E-state index contributed by atoms with van der Waals surface area (Å²) in [5, 5.41) is 8.14. The van der Waals surface area contributed by atoms with Crippen LogP contribution in [0.15, 0.2) is 30.5 Å². The summed E-state index contributed by atoms with van der Waals surface area (Å²) in [6.45, 7) is 6.81. The third kappa shape index (κ3) is 4.24. The summed E-state index contributed by atoms with van der Waals surface area (Å²) in [6.07, 6.45) is 2.58. The minimum atomic E-state index is -0.241. The van der Waals surface area contributed by atoms with Crippen molar-refractivity contribution in [2.75, 3.05) is 19.0 Å². The van der Waals surface area contributed by atoms with E-state index in [4.69, 9.17) is 9.47 Å². The molecule has 1 N–H and O–H groups in total. The third-order valence-corrected chi connectivity index (χ3v) is 4.50. The average molecular weight is 382 g/mol. The van der Waals surface area contributed by atoms with Crippen molar-refractivity contribution in [3.63, 3.8) is 0 Å². The summed E-state index contributed by atoms with van der Waals surface area (Å²) in [5.41, 5.74) is 2.74. The van der Waals surface area contributed by atoms with Crippen LogP contribution in [-0.4, -0.2) is 34.4 Å². The molecule has 0 aliphatic rings. The quantitative estimate of drug-likeness (QED) is 0.669. The fourth-order valence-electron chi connectivity index (χ4n) is 2.91. The van der Waals surface area contributed by atoms with E-state index in [1.165, 1.54) is 0 Å². The Morgan fingerprint density at radius 1 is 1.25 bits per heavy atom. The Bertz CT molecular complexity index is 995. The van der Waals surface area contributed by atoms with E-state index in [0.717, 1.165) is 23.1 Å². The molecule has 28 heavy (non-hydrogen) atoms. The summed E-state index contributed by atoms with van der Waals surface area (Å²) in [6, 6.07) is 7.05. The van der Waals surface area contributed by atoms with Gasteiger partial charge < -0.3 is 14.8 Å². The van der Waals surface area contributed by atoms with Gasteiger partial charge in [0, 0.05) is 18.0 Å². The molecule has 3 rings (SSSR count). The summed E-state index contributed by atoms with van der Waals surface area (Å²) in [4.78, 5) is 17.1. The molecule has 0 aliphatic carbocycles. The number of hydrogen-bond acceptors (Lipinski definition) is 5. The van der Waals surface area contributed by atoms with E-state index in [0.29, 0.717) is 35.3 Å². The van der Waals surface area contributed by atoms with Crippen molar-refractivity contribution in [1.29, 1.82) is 0 Å². The molecule has 7 nitrogen and oxygen atoms in total. The average Bonchev–Trinajstić information content (AvgIpc) is 2.95. The lowest BCUT2D eigenvalue weighted by Gasteiger charge is -2.13. The van der Waals surface area contributed by atoms with E-state index in [-0.39, 0.29) is 5.91 Å². The Labute approximate surface area is 164 Å². The molecule has 0 radical (unpaired) electrons. The zero-order valence-electron chi connectivity index (χ0n) is 16.9. The summed E-state index contributed by atoms with van der Waals surface area (Å²) in [7, 11) is 3.41. The monoisotopic (exact) mass is 382 g/mol. The number of carbonyl (C=O) groups is 1. The van der Waals surface area contributed by atoms with Gasteiger partial charge in [-0.1, -0.05) is 13.8 Å². The number of benzene rings is 1. The molecule has 0 bridgehead atoms. The predicted molar refractivity (Wildman–Crippen MR) is 109 cm³/mol. The molecule has 2 aromatic heterocycles. The second-order valence-electron chi connectivity index (χ2n) is 7.15. The number of nitrogens with zero attached hydrogens (tertiary/aromatic N) is 3.